The SMILES string of the molecule is COC(=O)n1c2ccc(-c3cnc4[nH]cc(-c5ccccc5OC)c4c3)cc2c(=O)n1CCN(C)C. The van der Waals surface area contributed by atoms with Crippen LogP contribution < -0.4 is 10.3 Å². The van der Waals surface area contributed by atoms with Crippen molar-refractivity contribution in [2.24, 2.45) is 0 Å². The van der Waals surface area contributed by atoms with Gasteiger partial charge in [0, 0.05) is 41.0 Å². The Morgan fingerprint density at radius 2 is 1.81 bits per heavy atom. The molecule has 0 radical (unpaired) electrons. The third-order valence-corrected chi connectivity index (χ3v) is 6.30. The number of methoxy groups -OCH3 is 2. The Labute approximate surface area is 207 Å². The van der Waals surface area contributed by atoms with Crippen LogP contribution in [0.5, 0.6) is 5.75 Å². The van der Waals surface area contributed by atoms with Crippen molar-refractivity contribution in [3.8, 4) is 28.0 Å². The Morgan fingerprint density at radius 1 is 1.03 bits per heavy atom. The number of carbonyl (C=O) groups is 1. The normalized spacial score (nSPS) is 11.5. The molecular weight excluding hydrogens is 458 g/mol. The molecule has 0 bridgehead atoms. The van der Waals surface area contributed by atoms with Gasteiger partial charge in [-0.2, -0.15) is 4.68 Å². The highest BCUT2D eigenvalue weighted by molar-refractivity contribution is 5.98. The summed E-state index contributed by atoms with van der Waals surface area (Å²) < 4.78 is 13.2. The summed E-state index contributed by atoms with van der Waals surface area (Å²) in [5.41, 5.74) is 4.61. The fourth-order valence-electron chi connectivity index (χ4n) is 4.46. The minimum atomic E-state index is -0.606. The zero-order chi connectivity index (χ0) is 25.4. The molecule has 184 valence electrons. The summed E-state index contributed by atoms with van der Waals surface area (Å²) >= 11 is 0. The van der Waals surface area contributed by atoms with Crippen LogP contribution in [0.1, 0.15) is 0 Å². The Bertz CT molecular complexity index is 1640. The Balaban J connectivity index is 1.64. The second-order valence-corrected chi connectivity index (χ2v) is 8.77. The van der Waals surface area contributed by atoms with E-state index in [2.05, 4.69) is 9.97 Å². The van der Waals surface area contributed by atoms with Gasteiger partial charge in [-0.15, -0.1) is 0 Å². The molecule has 3 aromatic heterocycles. The molecule has 36 heavy (non-hydrogen) atoms. The third-order valence-electron chi connectivity index (χ3n) is 6.30. The van der Waals surface area contributed by atoms with Gasteiger partial charge in [0.25, 0.3) is 5.56 Å². The number of aromatic nitrogens is 4. The van der Waals surface area contributed by atoms with Crippen LogP contribution in [-0.2, 0) is 11.3 Å². The molecule has 1 N–H and O–H groups in total. The number of likely N-dealkylation sites (N-methyl/N-ethyl adjacent to an activating group) is 1. The molecular formula is C27H27N5O4. The van der Waals surface area contributed by atoms with E-state index in [1.165, 1.54) is 16.5 Å². The van der Waals surface area contributed by atoms with Gasteiger partial charge in [-0.05, 0) is 43.9 Å². The highest BCUT2D eigenvalue weighted by Crippen LogP contribution is 2.36. The maximum absolute atomic E-state index is 13.3. The number of hydrogen-bond acceptors (Lipinski definition) is 6. The fourth-order valence-corrected chi connectivity index (χ4v) is 4.46. The van der Waals surface area contributed by atoms with Gasteiger partial charge in [0.1, 0.15) is 11.4 Å². The van der Waals surface area contributed by atoms with Crippen LogP contribution in [0.25, 0.3) is 44.2 Å². The van der Waals surface area contributed by atoms with Gasteiger partial charge >= 0.3 is 6.09 Å². The Hall–Kier alpha value is -4.37. The van der Waals surface area contributed by atoms with E-state index in [-0.39, 0.29) is 5.56 Å². The van der Waals surface area contributed by atoms with Gasteiger partial charge in [0.2, 0.25) is 0 Å². The van der Waals surface area contributed by atoms with Gasteiger partial charge < -0.3 is 19.4 Å². The number of pyridine rings is 1. The van der Waals surface area contributed by atoms with Gasteiger partial charge in [-0.25, -0.2) is 14.5 Å². The summed E-state index contributed by atoms with van der Waals surface area (Å²) in [5.74, 6) is 0.771. The van der Waals surface area contributed by atoms with Gasteiger partial charge in [-0.1, -0.05) is 24.3 Å². The van der Waals surface area contributed by atoms with E-state index in [1.54, 1.807) is 19.4 Å². The van der Waals surface area contributed by atoms with Crippen LogP contribution in [0.15, 0.2) is 65.7 Å². The lowest BCUT2D eigenvalue weighted by Gasteiger charge is -2.13. The number of rotatable bonds is 6. The smallest absolute Gasteiger partial charge is 0.433 e. The quantitative estimate of drug-likeness (QED) is 0.387. The number of fused-ring (bicyclic) bond motifs is 2. The number of benzene rings is 2. The van der Waals surface area contributed by atoms with Crippen molar-refractivity contribution in [1.82, 2.24) is 24.2 Å². The molecule has 0 aliphatic heterocycles. The topological polar surface area (TPSA) is 94.4 Å². The number of nitrogens with zero attached hydrogens (tertiary/aromatic N) is 4. The van der Waals surface area contributed by atoms with Crippen LogP contribution in [-0.4, -0.2) is 65.2 Å². The molecule has 9 heteroatoms. The summed E-state index contributed by atoms with van der Waals surface area (Å²) in [5, 5.41) is 1.38. The summed E-state index contributed by atoms with van der Waals surface area (Å²) in [6, 6.07) is 15.3. The lowest BCUT2D eigenvalue weighted by molar-refractivity contribution is 0.164. The molecule has 0 amide bonds. The largest absolute Gasteiger partial charge is 0.496 e. The second kappa shape index (κ2) is 9.35. The van der Waals surface area contributed by atoms with Crippen LogP contribution in [0, 0.1) is 0 Å². The van der Waals surface area contributed by atoms with E-state index < -0.39 is 6.09 Å². The first kappa shape index (κ1) is 23.4. The highest BCUT2D eigenvalue weighted by Gasteiger charge is 2.20. The number of H-pyrrole nitrogens is 1. The van der Waals surface area contributed by atoms with Crippen LogP contribution in [0.4, 0.5) is 4.79 Å². The predicted octanol–water partition coefficient (Wildman–Crippen LogP) is 4.20. The molecule has 0 aliphatic carbocycles. The third kappa shape index (κ3) is 3.93. The number of para-hydroxylation sites is 1. The van der Waals surface area contributed by atoms with Crippen LogP contribution in [0.3, 0.4) is 0 Å². The van der Waals surface area contributed by atoms with E-state index in [9.17, 15) is 9.59 Å². The molecule has 0 saturated carbocycles. The molecule has 5 aromatic rings. The summed E-state index contributed by atoms with van der Waals surface area (Å²) in [6.45, 7) is 0.948. The average Bonchev–Trinajstić information content (AvgIpc) is 3.44. The second-order valence-electron chi connectivity index (χ2n) is 8.77. The van der Waals surface area contributed by atoms with Crippen molar-refractivity contribution < 1.29 is 14.3 Å². The fraction of sp³-hybridized carbons (Fsp3) is 0.222. The van der Waals surface area contributed by atoms with Crippen molar-refractivity contribution in [1.29, 1.82) is 0 Å². The summed E-state index contributed by atoms with van der Waals surface area (Å²) in [6.07, 6.45) is 3.08. The number of ether oxygens (including phenoxy) is 2. The Kier molecular flexibility index (Phi) is 6.07. The molecule has 0 fully saturated rings. The molecule has 2 aromatic carbocycles. The van der Waals surface area contributed by atoms with Crippen LogP contribution >= 0.6 is 0 Å². The molecule has 0 atom stereocenters. The minimum Gasteiger partial charge on any atom is -0.496 e. The van der Waals surface area contributed by atoms with Gasteiger partial charge in [-0.3, -0.25) is 4.79 Å². The van der Waals surface area contributed by atoms with E-state index >= 15 is 0 Å². The maximum atomic E-state index is 13.3. The van der Waals surface area contributed by atoms with Crippen molar-refractivity contribution in [3.05, 3.63) is 71.3 Å². The first-order chi connectivity index (χ1) is 17.4. The predicted molar refractivity (Wildman–Crippen MR) is 140 cm³/mol. The minimum absolute atomic E-state index is 0.246. The number of hydrogen-bond donors (Lipinski definition) is 1. The summed E-state index contributed by atoms with van der Waals surface area (Å²) in [7, 11) is 6.79. The number of carbonyl (C=O) groups excluding carboxylic acids is 1. The molecule has 0 spiro atoms. The molecule has 3 heterocycles. The van der Waals surface area contributed by atoms with E-state index in [0.29, 0.717) is 24.0 Å². The molecule has 0 unspecified atom stereocenters. The van der Waals surface area contributed by atoms with Crippen molar-refractivity contribution in [2.75, 3.05) is 34.9 Å². The number of nitrogens with one attached hydrogen (secondary N) is 1. The van der Waals surface area contributed by atoms with Crippen LogP contribution in [0.2, 0.25) is 0 Å². The molecule has 9 nitrogen and oxygen atoms in total. The zero-order valence-corrected chi connectivity index (χ0v) is 20.6. The lowest BCUT2D eigenvalue weighted by Crippen LogP contribution is -2.31. The lowest BCUT2D eigenvalue weighted by atomic mass is 10.0. The van der Waals surface area contributed by atoms with E-state index in [4.69, 9.17) is 9.47 Å². The molecule has 0 aliphatic rings. The zero-order valence-electron chi connectivity index (χ0n) is 20.6. The first-order valence-corrected chi connectivity index (χ1v) is 11.5. The molecule has 0 saturated heterocycles. The van der Waals surface area contributed by atoms with Gasteiger partial charge in [0.15, 0.2) is 0 Å². The van der Waals surface area contributed by atoms with Crippen molar-refractivity contribution in [3.63, 3.8) is 0 Å². The first-order valence-electron chi connectivity index (χ1n) is 11.5. The van der Waals surface area contributed by atoms with Crippen molar-refractivity contribution >= 4 is 28.0 Å². The molecule has 5 rings (SSSR count). The van der Waals surface area contributed by atoms with E-state index in [1.807, 2.05) is 67.7 Å². The number of aromatic amines is 1. The monoisotopic (exact) mass is 485 g/mol. The maximum Gasteiger partial charge on any atom is 0.433 e. The Morgan fingerprint density at radius 3 is 2.56 bits per heavy atom. The average molecular weight is 486 g/mol. The standard InChI is InChI=1S/C27H27N5O4/c1-30(2)11-12-31-26(33)21-13-17(9-10-23(21)32(31)27(34)36-4)18-14-20-22(16-29-25(20)28-15-18)19-7-5-6-8-24(19)35-3/h5-10,13-16H,11-12H2,1-4H3,(H,28,29). The van der Waals surface area contributed by atoms with E-state index in [0.717, 1.165) is 39.0 Å². The van der Waals surface area contributed by atoms with Crippen molar-refractivity contribution in [2.45, 2.75) is 6.54 Å². The van der Waals surface area contributed by atoms with Gasteiger partial charge in [0.05, 0.1) is 31.7 Å². The highest BCUT2D eigenvalue weighted by atomic mass is 16.5. The summed E-state index contributed by atoms with van der Waals surface area (Å²) in [4.78, 5) is 35.7.